The van der Waals surface area contributed by atoms with Crippen LogP contribution in [0, 0.1) is 22.7 Å². The minimum Gasteiger partial charge on any atom is -0.420 e. The number of rotatable bonds is 2. The summed E-state index contributed by atoms with van der Waals surface area (Å²) in [5.41, 5.74) is 10.8. The molecular formula is C10H6N6O2. The molecule has 2 aromatic rings. The number of nitrogens with zero attached hydrogens (tertiary/aromatic N) is 4. The van der Waals surface area contributed by atoms with Crippen molar-refractivity contribution in [2.75, 3.05) is 11.5 Å². The Bertz CT molecular complexity index is 637. The maximum Gasteiger partial charge on any atom is 0.229 e. The third-order valence-electron chi connectivity index (χ3n) is 1.92. The van der Waals surface area contributed by atoms with Gasteiger partial charge in [-0.1, -0.05) is 0 Å². The van der Waals surface area contributed by atoms with Crippen LogP contribution in [-0.4, -0.2) is 9.97 Å². The van der Waals surface area contributed by atoms with Crippen molar-refractivity contribution in [2.45, 2.75) is 0 Å². The molecule has 0 aliphatic carbocycles. The van der Waals surface area contributed by atoms with Crippen molar-refractivity contribution in [3.8, 4) is 12.1 Å². The smallest absolute Gasteiger partial charge is 0.229 e. The second kappa shape index (κ2) is 4.31. The fourth-order valence-electron chi connectivity index (χ4n) is 1.14. The van der Waals surface area contributed by atoms with Crippen LogP contribution in [0.5, 0.6) is 0 Å². The number of nitrogens with two attached hydrogens (primary N) is 2. The van der Waals surface area contributed by atoms with Crippen molar-refractivity contribution < 1.29 is 8.83 Å². The van der Waals surface area contributed by atoms with Gasteiger partial charge in [-0.25, -0.2) is 0 Å². The molecule has 88 valence electrons. The van der Waals surface area contributed by atoms with Gasteiger partial charge in [-0.3, -0.25) is 0 Å². The lowest BCUT2D eigenvalue weighted by Crippen LogP contribution is -1.84. The molecule has 2 aromatic heterocycles. The van der Waals surface area contributed by atoms with Crippen LogP contribution < -0.4 is 11.5 Å². The molecule has 0 aromatic carbocycles. The molecular weight excluding hydrogens is 236 g/mol. The van der Waals surface area contributed by atoms with Crippen molar-refractivity contribution in [1.29, 1.82) is 10.5 Å². The molecule has 0 amide bonds. The fraction of sp³-hybridized carbons (Fsp3) is 0. The van der Waals surface area contributed by atoms with Gasteiger partial charge < -0.3 is 20.3 Å². The minimum atomic E-state index is -0.0678. The van der Waals surface area contributed by atoms with E-state index < -0.39 is 0 Å². The molecule has 0 atom stereocenters. The van der Waals surface area contributed by atoms with E-state index in [-0.39, 0.29) is 34.9 Å². The molecule has 8 nitrogen and oxygen atoms in total. The molecule has 0 saturated heterocycles. The molecule has 18 heavy (non-hydrogen) atoms. The standard InChI is InChI=1S/C10H6N6O2/c11-3-5-9(13)17-7(15-5)1-2-8-16-6(4-12)10(14)18-8/h1-2H,13-14H2/b2-1+. The molecule has 0 spiro atoms. The highest BCUT2D eigenvalue weighted by atomic mass is 16.4. The molecule has 2 rings (SSSR count). The van der Waals surface area contributed by atoms with Crippen molar-refractivity contribution in [3.05, 3.63) is 23.2 Å². The first-order valence-corrected chi connectivity index (χ1v) is 4.65. The monoisotopic (exact) mass is 242 g/mol. The van der Waals surface area contributed by atoms with Crippen LogP contribution in [-0.2, 0) is 0 Å². The Kier molecular flexibility index (Phi) is 2.69. The van der Waals surface area contributed by atoms with Crippen molar-refractivity contribution in [1.82, 2.24) is 9.97 Å². The highest BCUT2D eigenvalue weighted by Gasteiger charge is 2.09. The number of nitrogen functional groups attached to an aromatic ring is 2. The van der Waals surface area contributed by atoms with Gasteiger partial charge in [0.2, 0.25) is 34.9 Å². The molecule has 0 saturated carbocycles. The summed E-state index contributed by atoms with van der Waals surface area (Å²) in [6.07, 6.45) is 2.78. The normalized spacial score (nSPS) is 10.3. The summed E-state index contributed by atoms with van der Waals surface area (Å²) in [6.45, 7) is 0. The number of oxazole rings is 2. The highest BCUT2D eigenvalue weighted by Crippen LogP contribution is 2.17. The largest absolute Gasteiger partial charge is 0.420 e. The van der Waals surface area contributed by atoms with E-state index in [1.807, 2.05) is 0 Å². The van der Waals surface area contributed by atoms with Gasteiger partial charge in [-0.15, -0.1) is 0 Å². The Hall–Kier alpha value is -3.26. The second-order valence-electron chi connectivity index (χ2n) is 3.09. The maximum atomic E-state index is 8.63. The van der Waals surface area contributed by atoms with Gasteiger partial charge in [0, 0.05) is 12.2 Å². The zero-order valence-corrected chi connectivity index (χ0v) is 8.91. The fourth-order valence-corrected chi connectivity index (χ4v) is 1.14. The third kappa shape index (κ3) is 1.99. The van der Waals surface area contributed by atoms with Crippen LogP contribution in [0.15, 0.2) is 8.83 Å². The molecule has 0 radical (unpaired) electrons. The molecule has 0 unspecified atom stereocenters. The lowest BCUT2D eigenvalue weighted by atomic mass is 10.4. The van der Waals surface area contributed by atoms with E-state index >= 15 is 0 Å². The summed E-state index contributed by atoms with van der Waals surface area (Å²) in [5, 5.41) is 17.3. The molecule has 0 aliphatic heterocycles. The Balaban J connectivity index is 2.25. The quantitative estimate of drug-likeness (QED) is 0.781. The van der Waals surface area contributed by atoms with Crippen molar-refractivity contribution >= 4 is 23.9 Å². The summed E-state index contributed by atoms with van der Waals surface area (Å²) >= 11 is 0. The third-order valence-corrected chi connectivity index (χ3v) is 1.92. The lowest BCUT2D eigenvalue weighted by Gasteiger charge is -1.82. The van der Waals surface area contributed by atoms with Crippen LogP contribution in [0.25, 0.3) is 12.2 Å². The van der Waals surface area contributed by atoms with E-state index in [4.69, 9.17) is 30.8 Å². The molecule has 4 N–H and O–H groups in total. The Morgan fingerprint density at radius 1 is 0.889 bits per heavy atom. The van der Waals surface area contributed by atoms with E-state index in [1.165, 1.54) is 12.2 Å². The van der Waals surface area contributed by atoms with Gasteiger partial charge in [-0.05, 0) is 0 Å². The van der Waals surface area contributed by atoms with Gasteiger partial charge in [-0.2, -0.15) is 20.5 Å². The van der Waals surface area contributed by atoms with E-state index in [2.05, 4.69) is 9.97 Å². The van der Waals surface area contributed by atoms with Crippen LogP contribution in [0.2, 0.25) is 0 Å². The zero-order chi connectivity index (χ0) is 13.1. The van der Waals surface area contributed by atoms with E-state index in [9.17, 15) is 0 Å². The van der Waals surface area contributed by atoms with E-state index in [1.54, 1.807) is 12.1 Å². The molecule has 2 heterocycles. The zero-order valence-electron chi connectivity index (χ0n) is 8.91. The summed E-state index contributed by atoms with van der Waals surface area (Å²) in [4.78, 5) is 7.57. The Labute approximate surface area is 101 Å². The number of hydrogen-bond donors (Lipinski definition) is 2. The topological polar surface area (TPSA) is 152 Å². The average Bonchev–Trinajstić information content (AvgIpc) is 2.89. The summed E-state index contributed by atoms with van der Waals surface area (Å²) in [5.74, 6) is 0.113. The molecule has 8 heteroatoms. The van der Waals surface area contributed by atoms with E-state index in [0.717, 1.165) is 0 Å². The average molecular weight is 242 g/mol. The van der Waals surface area contributed by atoms with E-state index in [0.29, 0.717) is 0 Å². The molecule has 0 aliphatic rings. The van der Waals surface area contributed by atoms with Gasteiger partial charge in [0.1, 0.15) is 12.1 Å². The minimum absolute atomic E-state index is 0.000665. The van der Waals surface area contributed by atoms with Crippen LogP contribution in [0.3, 0.4) is 0 Å². The van der Waals surface area contributed by atoms with Crippen LogP contribution in [0.4, 0.5) is 11.8 Å². The van der Waals surface area contributed by atoms with Crippen molar-refractivity contribution in [2.24, 2.45) is 0 Å². The number of hydrogen-bond acceptors (Lipinski definition) is 8. The maximum absolute atomic E-state index is 8.63. The second-order valence-corrected chi connectivity index (χ2v) is 3.09. The summed E-state index contributed by atoms with van der Waals surface area (Å²) in [7, 11) is 0. The van der Waals surface area contributed by atoms with Crippen molar-refractivity contribution in [3.63, 3.8) is 0 Å². The van der Waals surface area contributed by atoms with Gasteiger partial charge in [0.25, 0.3) is 0 Å². The SMILES string of the molecule is N#Cc1nc(/C=C/c2nc(C#N)c(N)o2)oc1N. The first kappa shape index (κ1) is 11.2. The summed E-state index contributed by atoms with van der Waals surface area (Å²) < 4.78 is 9.96. The van der Waals surface area contributed by atoms with Gasteiger partial charge in [0.15, 0.2) is 0 Å². The van der Waals surface area contributed by atoms with Crippen LogP contribution >= 0.6 is 0 Å². The Morgan fingerprint density at radius 3 is 1.56 bits per heavy atom. The lowest BCUT2D eigenvalue weighted by molar-refractivity contribution is 0.559. The van der Waals surface area contributed by atoms with Crippen LogP contribution in [0.1, 0.15) is 23.2 Å². The molecule has 0 bridgehead atoms. The number of nitriles is 2. The predicted molar refractivity (Wildman–Crippen MR) is 60.2 cm³/mol. The number of aromatic nitrogens is 2. The van der Waals surface area contributed by atoms with Gasteiger partial charge >= 0.3 is 0 Å². The summed E-state index contributed by atoms with van der Waals surface area (Å²) in [6, 6.07) is 3.54. The first-order valence-electron chi connectivity index (χ1n) is 4.65. The Morgan fingerprint density at radius 2 is 1.28 bits per heavy atom. The number of anilines is 2. The highest BCUT2D eigenvalue weighted by molar-refractivity contribution is 5.64. The van der Waals surface area contributed by atoms with Gasteiger partial charge in [0.05, 0.1) is 0 Å². The first-order chi connectivity index (χ1) is 8.63. The predicted octanol–water partition coefficient (Wildman–Crippen LogP) is 0.741. The molecule has 0 fully saturated rings.